The highest BCUT2D eigenvalue weighted by Crippen LogP contribution is 2.41. The second kappa shape index (κ2) is 7.61. The molecule has 3 rings (SSSR count). The molecular weight excluding hydrogens is 362 g/mol. The molecule has 0 radical (unpaired) electrons. The molecule has 7 nitrogen and oxygen atoms in total. The van der Waals surface area contributed by atoms with E-state index in [-0.39, 0.29) is 5.91 Å². The van der Waals surface area contributed by atoms with E-state index in [4.69, 9.17) is 35.3 Å². The highest BCUT2D eigenvalue weighted by molar-refractivity contribution is 6.32. The van der Waals surface area contributed by atoms with E-state index in [1.807, 2.05) is 0 Å². The van der Waals surface area contributed by atoms with E-state index >= 15 is 0 Å². The number of hydrogen-bond donors (Lipinski definition) is 1. The van der Waals surface area contributed by atoms with Gasteiger partial charge in [-0.3, -0.25) is 4.79 Å². The van der Waals surface area contributed by atoms with Gasteiger partial charge in [0.1, 0.15) is 24.7 Å². The van der Waals surface area contributed by atoms with Crippen molar-refractivity contribution in [2.24, 2.45) is 0 Å². The lowest BCUT2D eigenvalue weighted by Gasteiger charge is -2.21. The van der Waals surface area contributed by atoms with Gasteiger partial charge in [-0.2, -0.15) is 0 Å². The molecule has 0 fully saturated rings. The zero-order valence-electron chi connectivity index (χ0n) is 14.6. The zero-order chi connectivity index (χ0) is 18.7. The summed E-state index contributed by atoms with van der Waals surface area (Å²) in [5.74, 6) is 1.83. The molecule has 0 spiro atoms. The third-order valence-electron chi connectivity index (χ3n) is 3.81. The first-order valence-electron chi connectivity index (χ1n) is 7.78. The molecule has 0 saturated carbocycles. The molecule has 1 N–H and O–H groups in total. The Labute approximate surface area is 155 Å². The summed E-state index contributed by atoms with van der Waals surface area (Å²) in [4.78, 5) is 12.7. The average molecular weight is 380 g/mol. The lowest BCUT2D eigenvalue weighted by molar-refractivity contribution is 0.102. The SMILES string of the molecule is COc1cc(NC(=O)c2cc(OC)c3c(c2)OCCO3)c(OC)cc1Cl. The molecule has 0 aromatic heterocycles. The molecule has 8 heteroatoms. The van der Waals surface area contributed by atoms with E-state index in [2.05, 4.69) is 5.32 Å². The standard InChI is InChI=1S/C18H18ClNO6/c1-22-13-9-12(14(23-2)8-11(13)19)20-18(21)10-6-15(24-3)17-16(7-10)25-4-5-26-17/h6-9H,4-5H2,1-3H3,(H,20,21). The molecule has 138 valence electrons. The number of ether oxygens (including phenoxy) is 5. The van der Waals surface area contributed by atoms with Crippen molar-refractivity contribution in [2.45, 2.75) is 0 Å². The molecule has 1 aliphatic rings. The van der Waals surface area contributed by atoms with Crippen LogP contribution in [0.2, 0.25) is 5.02 Å². The van der Waals surface area contributed by atoms with Gasteiger partial charge in [-0.25, -0.2) is 0 Å². The number of amides is 1. The highest BCUT2D eigenvalue weighted by atomic mass is 35.5. The van der Waals surface area contributed by atoms with Gasteiger partial charge in [0, 0.05) is 17.7 Å². The monoisotopic (exact) mass is 379 g/mol. The number of benzene rings is 2. The number of hydrogen-bond acceptors (Lipinski definition) is 6. The molecule has 0 saturated heterocycles. The van der Waals surface area contributed by atoms with Gasteiger partial charge in [0.05, 0.1) is 32.0 Å². The van der Waals surface area contributed by atoms with Crippen LogP contribution in [-0.2, 0) is 0 Å². The summed E-state index contributed by atoms with van der Waals surface area (Å²) in [5.41, 5.74) is 0.773. The summed E-state index contributed by atoms with van der Waals surface area (Å²) >= 11 is 6.09. The Kier molecular flexibility index (Phi) is 5.27. The molecule has 0 bridgehead atoms. The predicted octanol–water partition coefficient (Wildman–Crippen LogP) is 3.39. The normalized spacial score (nSPS) is 12.3. The van der Waals surface area contributed by atoms with Crippen molar-refractivity contribution in [3.05, 3.63) is 34.9 Å². The predicted molar refractivity (Wildman–Crippen MR) is 96.5 cm³/mol. The zero-order valence-corrected chi connectivity index (χ0v) is 15.3. The molecule has 26 heavy (non-hydrogen) atoms. The van der Waals surface area contributed by atoms with Crippen molar-refractivity contribution in [1.29, 1.82) is 0 Å². The van der Waals surface area contributed by atoms with Crippen molar-refractivity contribution >= 4 is 23.2 Å². The Bertz CT molecular complexity index is 822. The number of anilines is 1. The van der Waals surface area contributed by atoms with Crippen LogP contribution in [0, 0.1) is 0 Å². The van der Waals surface area contributed by atoms with Crippen LogP contribution in [0.25, 0.3) is 0 Å². The molecule has 2 aromatic rings. The van der Waals surface area contributed by atoms with Crippen LogP contribution in [0.1, 0.15) is 10.4 Å². The molecule has 2 aromatic carbocycles. The maximum Gasteiger partial charge on any atom is 0.256 e. The summed E-state index contributed by atoms with van der Waals surface area (Å²) in [5, 5.41) is 3.16. The number of fused-ring (bicyclic) bond motifs is 1. The smallest absolute Gasteiger partial charge is 0.256 e. The van der Waals surface area contributed by atoms with Crippen molar-refractivity contribution in [3.8, 4) is 28.7 Å². The van der Waals surface area contributed by atoms with Gasteiger partial charge >= 0.3 is 0 Å². The van der Waals surface area contributed by atoms with Crippen LogP contribution in [0.5, 0.6) is 28.7 Å². The van der Waals surface area contributed by atoms with E-state index in [1.165, 1.54) is 21.3 Å². The number of methoxy groups -OCH3 is 3. The van der Waals surface area contributed by atoms with Gasteiger partial charge in [0.2, 0.25) is 5.75 Å². The fraction of sp³-hybridized carbons (Fsp3) is 0.278. The molecule has 0 aliphatic carbocycles. The van der Waals surface area contributed by atoms with E-state index in [1.54, 1.807) is 24.3 Å². The van der Waals surface area contributed by atoms with E-state index in [0.717, 1.165) is 0 Å². The summed E-state index contributed by atoms with van der Waals surface area (Å²) in [6.07, 6.45) is 0. The number of halogens is 1. The first-order chi connectivity index (χ1) is 12.6. The van der Waals surface area contributed by atoms with Gasteiger partial charge in [-0.1, -0.05) is 11.6 Å². The minimum atomic E-state index is -0.372. The molecule has 1 aliphatic heterocycles. The van der Waals surface area contributed by atoms with E-state index in [9.17, 15) is 4.79 Å². The van der Waals surface area contributed by atoms with Crippen LogP contribution in [-0.4, -0.2) is 40.5 Å². The van der Waals surface area contributed by atoms with Gasteiger partial charge in [0.15, 0.2) is 11.5 Å². The van der Waals surface area contributed by atoms with Crippen molar-refractivity contribution in [3.63, 3.8) is 0 Å². The van der Waals surface area contributed by atoms with E-state index in [0.29, 0.717) is 58.2 Å². The fourth-order valence-electron chi connectivity index (χ4n) is 2.56. The first kappa shape index (κ1) is 18.0. The Morgan fingerprint density at radius 3 is 2.35 bits per heavy atom. The van der Waals surface area contributed by atoms with Crippen molar-refractivity contribution in [1.82, 2.24) is 0 Å². The van der Waals surface area contributed by atoms with Gasteiger partial charge in [-0.15, -0.1) is 0 Å². The summed E-state index contributed by atoms with van der Waals surface area (Å²) in [7, 11) is 4.48. The van der Waals surface area contributed by atoms with Crippen LogP contribution in [0.4, 0.5) is 5.69 Å². The Morgan fingerprint density at radius 2 is 1.65 bits per heavy atom. The molecular formula is C18H18ClNO6. The van der Waals surface area contributed by atoms with Crippen LogP contribution < -0.4 is 29.0 Å². The van der Waals surface area contributed by atoms with Gasteiger partial charge in [0.25, 0.3) is 5.91 Å². The second-order valence-electron chi connectivity index (χ2n) is 5.34. The van der Waals surface area contributed by atoms with Crippen LogP contribution >= 0.6 is 11.6 Å². The Balaban J connectivity index is 1.93. The van der Waals surface area contributed by atoms with Gasteiger partial charge in [-0.05, 0) is 12.1 Å². The van der Waals surface area contributed by atoms with Crippen molar-refractivity contribution < 1.29 is 28.5 Å². The molecule has 1 heterocycles. The first-order valence-corrected chi connectivity index (χ1v) is 8.15. The molecule has 0 unspecified atom stereocenters. The lowest BCUT2D eigenvalue weighted by atomic mass is 10.1. The van der Waals surface area contributed by atoms with E-state index < -0.39 is 0 Å². The van der Waals surface area contributed by atoms with Gasteiger partial charge < -0.3 is 29.0 Å². The molecule has 0 atom stereocenters. The van der Waals surface area contributed by atoms with Crippen LogP contribution in [0.3, 0.4) is 0 Å². The minimum Gasteiger partial charge on any atom is -0.495 e. The topological polar surface area (TPSA) is 75.3 Å². The summed E-state index contributed by atoms with van der Waals surface area (Å²) < 4.78 is 26.9. The maximum atomic E-state index is 12.7. The molecule has 1 amide bonds. The minimum absolute atomic E-state index is 0.349. The Hall–Kier alpha value is -2.80. The quantitative estimate of drug-likeness (QED) is 0.858. The van der Waals surface area contributed by atoms with Crippen LogP contribution in [0.15, 0.2) is 24.3 Å². The number of rotatable bonds is 5. The largest absolute Gasteiger partial charge is 0.495 e. The highest BCUT2D eigenvalue weighted by Gasteiger charge is 2.22. The average Bonchev–Trinajstić information content (AvgIpc) is 2.67. The fourth-order valence-corrected chi connectivity index (χ4v) is 2.79. The second-order valence-corrected chi connectivity index (χ2v) is 5.75. The maximum absolute atomic E-state index is 12.7. The number of carbonyl (C=O) groups excluding carboxylic acids is 1. The Morgan fingerprint density at radius 1 is 0.962 bits per heavy atom. The van der Waals surface area contributed by atoms with Crippen molar-refractivity contribution in [2.75, 3.05) is 39.9 Å². The lowest BCUT2D eigenvalue weighted by Crippen LogP contribution is -2.18. The summed E-state index contributed by atoms with van der Waals surface area (Å²) in [6.45, 7) is 0.833. The number of carbonyl (C=O) groups is 1. The number of nitrogens with one attached hydrogen (secondary N) is 1. The summed E-state index contributed by atoms with van der Waals surface area (Å²) in [6, 6.07) is 6.35. The third kappa shape index (κ3) is 3.43. The third-order valence-corrected chi connectivity index (χ3v) is 4.11.